The molecule has 1 rings (SSSR count). The Labute approximate surface area is 104 Å². The fraction of sp³-hybridized carbons (Fsp3) is 0.455. The van der Waals surface area contributed by atoms with E-state index in [-0.39, 0.29) is 10.6 Å². The zero-order chi connectivity index (χ0) is 12.1. The van der Waals surface area contributed by atoms with Gasteiger partial charge in [0, 0.05) is 28.2 Å². The largest absolute Gasteiger partial charge is 0.272 e. The summed E-state index contributed by atoms with van der Waals surface area (Å²) in [5.74, 6) is 2.02. The van der Waals surface area contributed by atoms with E-state index in [1.54, 1.807) is 30.8 Å². The molecule has 88 valence electrons. The lowest BCUT2D eigenvalue weighted by molar-refractivity contribution is -0.385. The molecule has 0 N–H and O–H groups in total. The smallest absolute Gasteiger partial charge is 0.258 e. The number of thioether (sulfide) groups is 1. The van der Waals surface area contributed by atoms with Gasteiger partial charge >= 0.3 is 0 Å². The first-order valence-corrected chi connectivity index (χ1v) is 6.50. The van der Waals surface area contributed by atoms with E-state index in [0.29, 0.717) is 17.4 Å². The van der Waals surface area contributed by atoms with Crippen molar-refractivity contribution in [2.75, 3.05) is 11.6 Å². The third kappa shape index (κ3) is 3.68. The molecule has 0 saturated carbocycles. The van der Waals surface area contributed by atoms with Crippen LogP contribution in [-0.4, -0.2) is 16.6 Å². The lowest BCUT2D eigenvalue weighted by Crippen LogP contribution is -1.99. The van der Waals surface area contributed by atoms with Crippen molar-refractivity contribution < 1.29 is 4.92 Å². The molecule has 0 fully saturated rings. The van der Waals surface area contributed by atoms with Gasteiger partial charge in [0.25, 0.3) is 5.69 Å². The van der Waals surface area contributed by atoms with Crippen LogP contribution in [-0.2, 0) is 0 Å². The quantitative estimate of drug-likeness (QED) is 0.349. The van der Waals surface area contributed by atoms with Gasteiger partial charge in [0.2, 0.25) is 0 Å². The van der Waals surface area contributed by atoms with Gasteiger partial charge in [-0.25, -0.2) is 0 Å². The average Bonchev–Trinajstić information content (AvgIpc) is 2.25. The Morgan fingerprint density at radius 1 is 1.56 bits per heavy atom. The number of nitro benzene ring substituents is 1. The molecule has 1 unspecified atom stereocenters. The van der Waals surface area contributed by atoms with Crippen LogP contribution in [0.5, 0.6) is 0 Å². The molecule has 0 amide bonds. The second-order valence-electron chi connectivity index (χ2n) is 3.78. The summed E-state index contributed by atoms with van der Waals surface area (Å²) in [5, 5.41) is 10.6. The fourth-order valence-corrected chi connectivity index (χ4v) is 2.46. The number of hydrogen-bond acceptors (Lipinski definition) is 3. The number of alkyl halides is 1. The van der Waals surface area contributed by atoms with Crippen LogP contribution in [0, 0.1) is 23.0 Å². The number of aryl methyl sites for hydroxylation is 1. The Kier molecular flexibility index (Phi) is 5.09. The van der Waals surface area contributed by atoms with Crippen molar-refractivity contribution in [3.63, 3.8) is 0 Å². The third-order valence-electron chi connectivity index (χ3n) is 2.16. The Balaban J connectivity index is 2.70. The lowest BCUT2D eigenvalue weighted by atomic mass is 10.2. The minimum atomic E-state index is -0.356. The highest BCUT2D eigenvalue weighted by Crippen LogP contribution is 2.26. The molecule has 0 bridgehead atoms. The molecule has 0 saturated heterocycles. The molecule has 5 heteroatoms. The Hall–Kier alpha value is -0.740. The van der Waals surface area contributed by atoms with E-state index in [1.807, 2.05) is 6.07 Å². The summed E-state index contributed by atoms with van der Waals surface area (Å²) in [6.45, 7) is 3.84. The van der Waals surface area contributed by atoms with Gasteiger partial charge in [-0.3, -0.25) is 10.1 Å². The Bertz CT molecular complexity index is 384. The molecule has 0 spiro atoms. The molecule has 16 heavy (non-hydrogen) atoms. The first-order chi connectivity index (χ1) is 7.54. The maximum atomic E-state index is 10.6. The topological polar surface area (TPSA) is 43.1 Å². The van der Waals surface area contributed by atoms with Crippen molar-refractivity contribution in [2.24, 2.45) is 5.92 Å². The Morgan fingerprint density at radius 2 is 2.25 bits per heavy atom. The van der Waals surface area contributed by atoms with E-state index in [2.05, 4.69) is 6.92 Å². The normalized spacial score (nSPS) is 12.4. The number of hydrogen-bond donors (Lipinski definition) is 0. The van der Waals surface area contributed by atoms with Crippen molar-refractivity contribution in [2.45, 2.75) is 18.7 Å². The first-order valence-electron chi connectivity index (χ1n) is 4.98. The third-order valence-corrected chi connectivity index (χ3v) is 4.01. The minimum absolute atomic E-state index is 0.176. The van der Waals surface area contributed by atoms with Crippen LogP contribution in [0.15, 0.2) is 23.1 Å². The highest BCUT2D eigenvalue weighted by molar-refractivity contribution is 7.99. The van der Waals surface area contributed by atoms with Crippen LogP contribution in [0.25, 0.3) is 0 Å². The van der Waals surface area contributed by atoms with Crippen molar-refractivity contribution in [1.82, 2.24) is 0 Å². The monoisotopic (exact) mass is 259 g/mol. The number of nitrogens with zero attached hydrogens (tertiary/aromatic N) is 1. The average molecular weight is 260 g/mol. The summed E-state index contributed by atoms with van der Waals surface area (Å²) < 4.78 is 0. The minimum Gasteiger partial charge on any atom is -0.258 e. The summed E-state index contributed by atoms with van der Waals surface area (Å²) in [6.07, 6.45) is 0. The predicted molar refractivity (Wildman–Crippen MR) is 68.4 cm³/mol. The van der Waals surface area contributed by atoms with Crippen LogP contribution in [0.4, 0.5) is 5.69 Å². The van der Waals surface area contributed by atoms with E-state index in [4.69, 9.17) is 11.6 Å². The summed E-state index contributed by atoms with van der Waals surface area (Å²) in [6, 6.07) is 5.20. The molecule has 3 nitrogen and oxygen atoms in total. The molecule has 0 aromatic heterocycles. The molecule has 1 aromatic carbocycles. The number of nitro groups is 1. The lowest BCUT2D eigenvalue weighted by Gasteiger charge is -2.07. The highest BCUT2D eigenvalue weighted by atomic mass is 35.5. The van der Waals surface area contributed by atoms with Crippen molar-refractivity contribution >= 4 is 29.1 Å². The van der Waals surface area contributed by atoms with Gasteiger partial charge in [-0.2, -0.15) is 0 Å². The summed E-state index contributed by atoms with van der Waals surface area (Å²) in [7, 11) is 0. The highest BCUT2D eigenvalue weighted by Gasteiger charge is 2.10. The SMILES string of the molecule is Cc1cc(SCC(C)CCl)ccc1[N+](=O)[O-]. The molecule has 1 aromatic rings. The van der Waals surface area contributed by atoms with Crippen molar-refractivity contribution in [3.8, 4) is 0 Å². The number of rotatable bonds is 5. The first kappa shape index (κ1) is 13.3. The van der Waals surface area contributed by atoms with Gasteiger partial charge in [0.15, 0.2) is 0 Å². The molecule has 1 atom stereocenters. The molecule has 0 heterocycles. The fourth-order valence-electron chi connectivity index (χ4n) is 1.21. The summed E-state index contributed by atoms with van der Waals surface area (Å²) in [5.41, 5.74) is 0.878. The summed E-state index contributed by atoms with van der Waals surface area (Å²) >= 11 is 7.39. The van der Waals surface area contributed by atoms with Crippen LogP contribution < -0.4 is 0 Å². The second-order valence-corrected chi connectivity index (χ2v) is 5.18. The van der Waals surface area contributed by atoms with Gasteiger partial charge in [-0.05, 0) is 25.0 Å². The van der Waals surface area contributed by atoms with Crippen molar-refractivity contribution in [3.05, 3.63) is 33.9 Å². The zero-order valence-corrected chi connectivity index (χ0v) is 10.8. The van der Waals surface area contributed by atoms with E-state index < -0.39 is 0 Å². The molecular formula is C11H14ClNO2S. The van der Waals surface area contributed by atoms with Gasteiger partial charge in [-0.15, -0.1) is 23.4 Å². The van der Waals surface area contributed by atoms with Gasteiger partial charge in [-0.1, -0.05) is 6.92 Å². The molecule has 0 aliphatic rings. The molecule has 0 radical (unpaired) electrons. The predicted octanol–water partition coefficient (Wildman–Crippen LogP) is 3.87. The van der Waals surface area contributed by atoms with Gasteiger partial charge in [0.05, 0.1) is 4.92 Å². The van der Waals surface area contributed by atoms with Gasteiger partial charge < -0.3 is 0 Å². The molecule has 0 aliphatic carbocycles. The number of benzene rings is 1. The van der Waals surface area contributed by atoms with E-state index in [0.717, 1.165) is 10.6 Å². The van der Waals surface area contributed by atoms with Crippen LogP contribution >= 0.6 is 23.4 Å². The van der Waals surface area contributed by atoms with Gasteiger partial charge in [0.1, 0.15) is 0 Å². The van der Waals surface area contributed by atoms with E-state index in [9.17, 15) is 10.1 Å². The van der Waals surface area contributed by atoms with E-state index in [1.165, 1.54) is 0 Å². The maximum absolute atomic E-state index is 10.6. The van der Waals surface area contributed by atoms with Crippen LogP contribution in [0.1, 0.15) is 12.5 Å². The molecule has 0 aliphatic heterocycles. The van der Waals surface area contributed by atoms with E-state index >= 15 is 0 Å². The Morgan fingerprint density at radius 3 is 2.75 bits per heavy atom. The van der Waals surface area contributed by atoms with Crippen LogP contribution in [0.2, 0.25) is 0 Å². The maximum Gasteiger partial charge on any atom is 0.272 e. The molecular weight excluding hydrogens is 246 g/mol. The number of halogens is 1. The van der Waals surface area contributed by atoms with Crippen molar-refractivity contribution in [1.29, 1.82) is 0 Å². The zero-order valence-electron chi connectivity index (χ0n) is 9.27. The standard InChI is InChI=1S/C11H14ClNO2S/c1-8(6-12)7-16-10-3-4-11(13(14)15)9(2)5-10/h3-5,8H,6-7H2,1-2H3. The van der Waals surface area contributed by atoms with Crippen LogP contribution in [0.3, 0.4) is 0 Å². The second kappa shape index (κ2) is 6.11. The summed E-state index contributed by atoms with van der Waals surface area (Å²) in [4.78, 5) is 11.3.